The van der Waals surface area contributed by atoms with Crippen LogP contribution in [0.4, 0.5) is 13.2 Å². The number of pyridine rings is 4. The predicted octanol–water partition coefficient (Wildman–Crippen LogP) is 6.53. The number of rotatable bonds is 4. The van der Waals surface area contributed by atoms with E-state index < -0.39 is 23.3 Å². The topological polar surface area (TPSA) is 51.6 Å². The van der Waals surface area contributed by atoms with Gasteiger partial charge in [0.05, 0.1) is 39.3 Å². The van der Waals surface area contributed by atoms with E-state index in [2.05, 4.69) is 9.97 Å². The average Bonchev–Trinajstić information content (AvgIpc) is 3.31. The van der Waals surface area contributed by atoms with Crippen LogP contribution in [0.3, 0.4) is 0 Å². The van der Waals surface area contributed by atoms with Crippen molar-refractivity contribution in [3.63, 3.8) is 0 Å². The molecule has 5 rings (SSSR count). The summed E-state index contributed by atoms with van der Waals surface area (Å²) in [4.78, 5) is 16.5. The van der Waals surface area contributed by atoms with Gasteiger partial charge in [-0.15, -0.1) is 0 Å². The molecule has 1 fully saturated rings. The van der Waals surface area contributed by atoms with Gasteiger partial charge in [0.25, 0.3) is 0 Å². The van der Waals surface area contributed by atoms with Crippen molar-refractivity contribution in [3.8, 4) is 22.5 Å². The molecule has 0 aromatic carbocycles. The summed E-state index contributed by atoms with van der Waals surface area (Å²) in [5.74, 6) is -2.48. The molecule has 0 N–H and O–H groups in total. The zero-order chi connectivity index (χ0) is 23.0. The van der Waals surface area contributed by atoms with Gasteiger partial charge in [0.15, 0.2) is 0 Å². The number of nitrogens with zero attached hydrogens (tertiary/aromatic N) is 4. The Kier molecular flexibility index (Phi) is 5.58. The summed E-state index contributed by atoms with van der Waals surface area (Å²) in [6.07, 6.45) is 3.54. The lowest BCUT2D eigenvalue weighted by molar-refractivity contribution is 0.501. The fraction of sp³-hybridized carbons (Fsp3) is 0.200. The van der Waals surface area contributed by atoms with E-state index >= 15 is 0 Å². The van der Waals surface area contributed by atoms with Crippen molar-refractivity contribution < 1.29 is 13.2 Å². The van der Waals surface area contributed by atoms with Gasteiger partial charge in [0.1, 0.15) is 5.15 Å². The lowest BCUT2D eigenvalue weighted by Gasteiger charge is -2.29. The van der Waals surface area contributed by atoms with E-state index in [4.69, 9.17) is 21.6 Å². The monoisotopic (exact) mass is 466 g/mol. The van der Waals surface area contributed by atoms with E-state index in [0.717, 1.165) is 43.1 Å². The standard InChI is InChI=1S/C25H18ClF3N4/c26-21-11-9-15(23(28)32-21)17-5-3-7-19(30-17)25(13-1-2-14-25)20-8-4-6-18(31-20)16-10-12-22(27)33-24(16)29/h3-12H,1-2,13-14H2. The minimum atomic E-state index is -0.911. The third kappa shape index (κ3) is 3.97. The van der Waals surface area contributed by atoms with Crippen LogP contribution >= 0.6 is 11.6 Å². The van der Waals surface area contributed by atoms with Gasteiger partial charge in [-0.2, -0.15) is 18.2 Å². The summed E-state index contributed by atoms with van der Waals surface area (Å²) in [6.45, 7) is 0. The summed E-state index contributed by atoms with van der Waals surface area (Å²) in [5, 5.41) is 0.0724. The maximum Gasteiger partial charge on any atom is 0.224 e. The highest BCUT2D eigenvalue weighted by atomic mass is 35.5. The molecule has 1 aliphatic carbocycles. The molecule has 0 spiro atoms. The van der Waals surface area contributed by atoms with E-state index in [9.17, 15) is 13.2 Å². The normalized spacial score (nSPS) is 15.0. The molecule has 166 valence electrons. The molecule has 1 aliphatic rings. The molecule has 0 amide bonds. The van der Waals surface area contributed by atoms with Crippen LogP contribution in [0.1, 0.15) is 37.1 Å². The SMILES string of the molecule is Fc1ccc(-c2cccc(C3(c4cccc(-c5ccc(Cl)nc5F)n4)CCCC3)n2)c(F)n1. The van der Waals surface area contributed by atoms with Crippen molar-refractivity contribution in [3.05, 3.63) is 95.0 Å². The quantitative estimate of drug-likeness (QED) is 0.321. The van der Waals surface area contributed by atoms with Crippen molar-refractivity contribution in [1.29, 1.82) is 0 Å². The molecule has 1 saturated carbocycles. The molecule has 4 aromatic rings. The van der Waals surface area contributed by atoms with Crippen molar-refractivity contribution >= 4 is 11.6 Å². The molecule has 0 atom stereocenters. The molecule has 4 nitrogen and oxygen atoms in total. The smallest absolute Gasteiger partial charge is 0.224 e. The molecular weight excluding hydrogens is 449 g/mol. The second kappa shape index (κ2) is 8.56. The molecule has 0 saturated heterocycles. The van der Waals surface area contributed by atoms with Gasteiger partial charge in [0.2, 0.25) is 17.8 Å². The Morgan fingerprint density at radius 1 is 0.636 bits per heavy atom. The molecule has 33 heavy (non-hydrogen) atoms. The van der Waals surface area contributed by atoms with Crippen LogP contribution in [0, 0.1) is 17.8 Å². The highest BCUT2D eigenvalue weighted by Crippen LogP contribution is 2.45. The van der Waals surface area contributed by atoms with E-state index in [-0.39, 0.29) is 16.3 Å². The molecular formula is C25H18ClF3N4. The molecule has 8 heteroatoms. The lowest BCUT2D eigenvalue weighted by atomic mass is 9.78. The van der Waals surface area contributed by atoms with E-state index in [1.807, 2.05) is 18.2 Å². The van der Waals surface area contributed by atoms with Crippen LogP contribution in [0.5, 0.6) is 0 Å². The Labute approximate surface area is 193 Å². The van der Waals surface area contributed by atoms with Crippen molar-refractivity contribution in [2.45, 2.75) is 31.1 Å². The Morgan fingerprint density at radius 3 is 1.73 bits per heavy atom. The molecule has 0 bridgehead atoms. The second-order valence-corrected chi connectivity index (χ2v) is 8.44. The highest BCUT2D eigenvalue weighted by molar-refractivity contribution is 6.29. The highest BCUT2D eigenvalue weighted by Gasteiger charge is 2.40. The van der Waals surface area contributed by atoms with Crippen LogP contribution in [-0.2, 0) is 5.41 Å². The summed E-state index contributed by atoms with van der Waals surface area (Å²) in [5.41, 5.74) is 2.19. The Bertz CT molecular complexity index is 1240. The predicted molar refractivity (Wildman–Crippen MR) is 119 cm³/mol. The molecule has 0 radical (unpaired) electrons. The van der Waals surface area contributed by atoms with Gasteiger partial charge in [-0.25, -0.2) is 4.98 Å². The van der Waals surface area contributed by atoms with E-state index in [1.165, 1.54) is 12.1 Å². The summed E-state index contributed by atoms with van der Waals surface area (Å²) in [7, 11) is 0. The Balaban J connectivity index is 1.61. The van der Waals surface area contributed by atoms with Gasteiger partial charge in [0, 0.05) is 0 Å². The minimum Gasteiger partial charge on any atom is -0.252 e. The van der Waals surface area contributed by atoms with Crippen LogP contribution in [0.15, 0.2) is 60.7 Å². The molecule has 4 heterocycles. The van der Waals surface area contributed by atoms with Crippen LogP contribution < -0.4 is 0 Å². The van der Waals surface area contributed by atoms with Crippen LogP contribution in [0.2, 0.25) is 5.15 Å². The first-order chi connectivity index (χ1) is 16.0. The van der Waals surface area contributed by atoms with Crippen molar-refractivity contribution in [2.75, 3.05) is 0 Å². The maximum atomic E-state index is 14.5. The van der Waals surface area contributed by atoms with Gasteiger partial charge >= 0.3 is 0 Å². The number of hydrogen-bond donors (Lipinski definition) is 0. The minimum absolute atomic E-state index is 0.0724. The third-order valence-corrected chi connectivity index (χ3v) is 6.33. The van der Waals surface area contributed by atoms with Crippen molar-refractivity contribution in [2.24, 2.45) is 0 Å². The Morgan fingerprint density at radius 2 is 1.18 bits per heavy atom. The largest absolute Gasteiger partial charge is 0.252 e. The number of hydrogen-bond acceptors (Lipinski definition) is 4. The molecule has 0 unspecified atom stereocenters. The first kappa shape index (κ1) is 21.5. The third-order valence-electron chi connectivity index (χ3n) is 6.12. The average molecular weight is 467 g/mol. The first-order valence-electron chi connectivity index (χ1n) is 10.6. The van der Waals surface area contributed by atoms with Crippen LogP contribution in [-0.4, -0.2) is 19.9 Å². The second-order valence-electron chi connectivity index (χ2n) is 8.05. The summed E-state index contributed by atoms with van der Waals surface area (Å²) < 4.78 is 42.1. The lowest BCUT2D eigenvalue weighted by Crippen LogP contribution is -2.27. The zero-order valence-corrected chi connectivity index (χ0v) is 18.2. The summed E-state index contributed by atoms with van der Waals surface area (Å²) >= 11 is 5.79. The van der Waals surface area contributed by atoms with Gasteiger partial charge in [-0.3, -0.25) is 9.97 Å². The number of halogens is 4. The van der Waals surface area contributed by atoms with Gasteiger partial charge in [-0.1, -0.05) is 36.6 Å². The zero-order valence-electron chi connectivity index (χ0n) is 17.4. The maximum absolute atomic E-state index is 14.5. The molecule has 4 aromatic heterocycles. The van der Waals surface area contributed by atoms with E-state index in [1.54, 1.807) is 24.3 Å². The summed E-state index contributed by atoms with van der Waals surface area (Å²) in [6, 6.07) is 16.3. The van der Waals surface area contributed by atoms with Gasteiger partial charge < -0.3 is 0 Å². The van der Waals surface area contributed by atoms with E-state index in [0.29, 0.717) is 11.4 Å². The van der Waals surface area contributed by atoms with Crippen molar-refractivity contribution in [1.82, 2.24) is 19.9 Å². The van der Waals surface area contributed by atoms with Crippen LogP contribution in [0.25, 0.3) is 22.5 Å². The fourth-order valence-electron chi connectivity index (χ4n) is 4.53. The first-order valence-corrected chi connectivity index (χ1v) is 10.9. The molecule has 0 aliphatic heterocycles. The fourth-order valence-corrected chi connectivity index (χ4v) is 4.67. The number of aromatic nitrogens is 4. The Hall–Kier alpha value is -3.32. The van der Waals surface area contributed by atoms with Gasteiger partial charge in [-0.05, 0) is 61.4 Å².